The van der Waals surface area contributed by atoms with Crippen LogP contribution in [0.25, 0.3) is 22.3 Å². The number of nitro groups is 1. The summed E-state index contributed by atoms with van der Waals surface area (Å²) in [6, 6.07) is 8.95. The molecule has 7 nitrogen and oxygen atoms in total. The predicted molar refractivity (Wildman–Crippen MR) is 104 cm³/mol. The third-order valence-corrected chi connectivity index (χ3v) is 4.36. The Labute approximate surface area is 171 Å². The Bertz CT molecular complexity index is 1300. The van der Waals surface area contributed by atoms with Gasteiger partial charge in [0.15, 0.2) is 5.82 Å². The van der Waals surface area contributed by atoms with Crippen LogP contribution in [-0.2, 0) is 6.18 Å². The highest BCUT2D eigenvalue weighted by molar-refractivity contribution is 5.92. The van der Waals surface area contributed by atoms with Crippen molar-refractivity contribution >= 4 is 28.1 Å². The minimum absolute atomic E-state index is 0.0167. The molecule has 156 valence electrons. The molecule has 0 aliphatic rings. The third-order valence-electron chi connectivity index (χ3n) is 4.36. The van der Waals surface area contributed by atoms with E-state index in [1.807, 2.05) is 0 Å². The summed E-state index contributed by atoms with van der Waals surface area (Å²) < 4.78 is 53.8. The maximum Gasteiger partial charge on any atom is 0.416 e. The molecule has 0 radical (unpaired) electrons. The van der Waals surface area contributed by atoms with Crippen molar-refractivity contribution < 1.29 is 22.5 Å². The maximum absolute atomic E-state index is 14.3. The summed E-state index contributed by atoms with van der Waals surface area (Å²) in [6.07, 6.45) is -1.66. The molecule has 11 heteroatoms. The van der Waals surface area contributed by atoms with Crippen LogP contribution in [0.1, 0.15) is 5.56 Å². The van der Waals surface area contributed by atoms with E-state index in [1.165, 1.54) is 12.4 Å². The van der Waals surface area contributed by atoms with Crippen LogP contribution in [0.4, 0.5) is 34.8 Å². The maximum atomic E-state index is 14.3. The van der Waals surface area contributed by atoms with Crippen LogP contribution < -0.4 is 5.32 Å². The Morgan fingerprint density at radius 3 is 2.52 bits per heavy atom. The highest BCUT2D eigenvalue weighted by Gasteiger charge is 2.31. The second-order valence-corrected chi connectivity index (χ2v) is 6.41. The summed E-state index contributed by atoms with van der Waals surface area (Å²) in [7, 11) is 0. The van der Waals surface area contributed by atoms with Crippen LogP contribution in [0.5, 0.6) is 0 Å². The van der Waals surface area contributed by atoms with E-state index in [0.29, 0.717) is 5.56 Å². The van der Waals surface area contributed by atoms with Crippen molar-refractivity contribution in [1.82, 2.24) is 15.0 Å². The first kappa shape index (κ1) is 20.1. The Morgan fingerprint density at radius 1 is 1.03 bits per heavy atom. The first-order valence-electron chi connectivity index (χ1n) is 8.73. The average molecular weight is 429 g/mol. The van der Waals surface area contributed by atoms with E-state index in [4.69, 9.17) is 0 Å². The van der Waals surface area contributed by atoms with Gasteiger partial charge in [0, 0.05) is 35.5 Å². The Kier molecular flexibility index (Phi) is 4.93. The van der Waals surface area contributed by atoms with Crippen molar-refractivity contribution in [2.75, 3.05) is 5.32 Å². The minimum Gasteiger partial charge on any atom is -0.337 e. The Hall–Kier alpha value is -4.15. The van der Waals surface area contributed by atoms with Crippen molar-refractivity contribution in [3.63, 3.8) is 0 Å². The summed E-state index contributed by atoms with van der Waals surface area (Å²) in [5, 5.41) is 13.8. The van der Waals surface area contributed by atoms with Crippen molar-refractivity contribution in [2.45, 2.75) is 6.18 Å². The molecule has 0 bridgehead atoms. The lowest BCUT2D eigenvalue weighted by Gasteiger charge is -2.13. The number of hydrogen-bond acceptors (Lipinski definition) is 6. The number of pyridine rings is 1. The topological polar surface area (TPSA) is 93.8 Å². The standard InChI is InChI=1S/C20H11F4N5O2/c21-15-6-4-13(29(30)31)9-17(15)27-19-14-5-3-12(20(22,23)24)8-16(14)26-18(28-19)11-2-1-7-25-10-11/h1-10H,(H,26,27,28). The fourth-order valence-electron chi connectivity index (χ4n) is 2.88. The minimum atomic E-state index is -4.59. The number of anilines is 2. The monoisotopic (exact) mass is 429 g/mol. The van der Waals surface area contributed by atoms with Crippen LogP contribution in [0.15, 0.2) is 60.9 Å². The summed E-state index contributed by atoms with van der Waals surface area (Å²) >= 11 is 0. The third kappa shape index (κ3) is 4.10. The van der Waals surface area contributed by atoms with Crippen LogP contribution in [0.3, 0.4) is 0 Å². The number of rotatable bonds is 4. The molecule has 0 fully saturated rings. The van der Waals surface area contributed by atoms with Gasteiger partial charge in [0.2, 0.25) is 0 Å². The van der Waals surface area contributed by atoms with Gasteiger partial charge in [0.25, 0.3) is 5.69 Å². The second kappa shape index (κ2) is 7.59. The molecule has 2 aromatic carbocycles. The fourth-order valence-corrected chi connectivity index (χ4v) is 2.88. The molecule has 0 spiro atoms. The SMILES string of the molecule is O=[N+]([O-])c1ccc(F)c(Nc2nc(-c3cccnc3)nc3cc(C(F)(F)F)ccc23)c1. The number of nitrogens with zero attached hydrogens (tertiary/aromatic N) is 4. The number of hydrogen-bond donors (Lipinski definition) is 1. The van der Waals surface area contributed by atoms with E-state index in [-0.39, 0.29) is 33.9 Å². The number of fused-ring (bicyclic) bond motifs is 1. The molecule has 4 rings (SSSR count). The zero-order chi connectivity index (χ0) is 22.2. The van der Waals surface area contributed by atoms with Gasteiger partial charge in [0.05, 0.1) is 21.7 Å². The molecule has 0 aliphatic heterocycles. The van der Waals surface area contributed by atoms with Crippen LogP contribution in [0.2, 0.25) is 0 Å². The number of nitrogens with one attached hydrogen (secondary N) is 1. The number of halogens is 4. The zero-order valence-electron chi connectivity index (χ0n) is 15.4. The van der Waals surface area contributed by atoms with E-state index in [2.05, 4.69) is 20.3 Å². The van der Waals surface area contributed by atoms with E-state index in [9.17, 15) is 27.7 Å². The van der Waals surface area contributed by atoms with Gasteiger partial charge >= 0.3 is 6.18 Å². The fraction of sp³-hybridized carbons (Fsp3) is 0.0500. The van der Waals surface area contributed by atoms with Gasteiger partial charge in [0.1, 0.15) is 11.6 Å². The van der Waals surface area contributed by atoms with Gasteiger partial charge in [-0.2, -0.15) is 13.2 Å². The Balaban J connectivity index is 1.91. The number of non-ortho nitro benzene ring substituents is 1. The quantitative estimate of drug-likeness (QED) is 0.262. The molecular weight excluding hydrogens is 418 g/mol. The molecule has 2 heterocycles. The molecule has 0 unspecified atom stereocenters. The molecule has 0 aliphatic carbocycles. The predicted octanol–water partition coefficient (Wildman–Crippen LogP) is 5.50. The van der Waals surface area contributed by atoms with Gasteiger partial charge < -0.3 is 5.32 Å². The number of alkyl halides is 3. The van der Waals surface area contributed by atoms with Crippen molar-refractivity contribution in [2.24, 2.45) is 0 Å². The zero-order valence-corrected chi connectivity index (χ0v) is 15.4. The molecule has 31 heavy (non-hydrogen) atoms. The summed E-state index contributed by atoms with van der Waals surface area (Å²) in [5.74, 6) is -0.766. The molecule has 0 atom stereocenters. The first-order chi connectivity index (χ1) is 14.7. The van der Waals surface area contributed by atoms with Crippen LogP contribution >= 0.6 is 0 Å². The molecule has 4 aromatic rings. The highest BCUT2D eigenvalue weighted by Crippen LogP contribution is 2.34. The van der Waals surface area contributed by atoms with Gasteiger partial charge in [-0.1, -0.05) is 0 Å². The van der Waals surface area contributed by atoms with Gasteiger partial charge in [-0.25, -0.2) is 14.4 Å². The van der Waals surface area contributed by atoms with Crippen molar-refractivity contribution in [3.05, 3.63) is 82.4 Å². The summed E-state index contributed by atoms with van der Waals surface area (Å²) in [6.45, 7) is 0. The number of benzene rings is 2. The molecule has 0 amide bonds. The molecule has 2 aromatic heterocycles. The number of nitro benzene ring substituents is 1. The highest BCUT2D eigenvalue weighted by atomic mass is 19.4. The number of aromatic nitrogens is 3. The largest absolute Gasteiger partial charge is 0.416 e. The smallest absolute Gasteiger partial charge is 0.337 e. The van der Waals surface area contributed by atoms with Crippen LogP contribution in [-0.4, -0.2) is 19.9 Å². The van der Waals surface area contributed by atoms with Gasteiger partial charge in [-0.15, -0.1) is 0 Å². The normalized spacial score (nSPS) is 11.5. The molecular formula is C20H11F4N5O2. The lowest BCUT2D eigenvalue weighted by Crippen LogP contribution is -2.06. The molecule has 0 saturated carbocycles. The van der Waals surface area contributed by atoms with Crippen LogP contribution in [0, 0.1) is 15.9 Å². The lowest BCUT2D eigenvalue weighted by atomic mass is 10.1. The summed E-state index contributed by atoms with van der Waals surface area (Å²) in [4.78, 5) is 22.8. The van der Waals surface area contributed by atoms with E-state index in [1.54, 1.807) is 12.1 Å². The van der Waals surface area contributed by atoms with Crippen molar-refractivity contribution in [1.29, 1.82) is 0 Å². The Morgan fingerprint density at radius 2 is 1.84 bits per heavy atom. The second-order valence-electron chi connectivity index (χ2n) is 6.41. The summed E-state index contributed by atoms with van der Waals surface area (Å²) in [5.41, 5.74) is -1.16. The van der Waals surface area contributed by atoms with E-state index >= 15 is 0 Å². The van der Waals surface area contributed by atoms with Crippen molar-refractivity contribution in [3.8, 4) is 11.4 Å². The van der Waals surface area contributed by atoms with E-state index in [0.717, 1.165) is 36.4 Å². The first-order valence-corrected chi connectivity index (χ1v) is 8.73. The van der Waals surface area contributed by atoms with Gasteiger partial charge in [-0.05, 0) is 36.4 Å². The average Bonchev–Trinajstić information content (AvgIpc) is 2.74. The molecule has 0 saturated heterocycles. The van der Waals surface area contributed by atoms with Gasteiger partial charge in [-0.3, -0.25) is 15.1 Å². The molecule has 1 N–H and O–H groups in total. The lowest BCUT2D eigenvalue weighted by molar-refractivity contribution is -0.384. The van der Waals surface area contributed by atoms with E-state index < -0.39 is 22.5 Å².